The van der Waals surface area contributed by atoms with Crippen LogP contribution >= 0.6 is 11.8 Å². The van der Waals surface area contributed by atoms with Crippen molar-refractivity contribution in [3.63, 3.8) is 0 Å². The number of carbonyl (C=O) groups excluding carboxylic acids is 1. The SMILES string of the molecule is CCOCc1ccccc1NC(=O)N1CC[C@@H](CSC)C1. The lowest BCUT2D eigenvalue weighted by Crippen LogP contribution is -2.33. The Balaban J connectivity index is 1.94. The number of nitrogens with zero attached hydrogens (tertiary/aromatic N) is 1. The van der Waals surface area contributed by atoms with Crippen molar-refractivity contribution in [2.75, 3.05) is 37.0 Å². The predicted octanol–water partition coefficient (Wildman–Crippen LogP) is 3.44. The number of urea groups is 1. The molecule has 1 N–H and O–H groups in total. The second-order valence-corrected chi connectivity index (χ2v) is 6.19. The van der Waals surface area contributed by atoms with E-state index >= 15 is 0 Å². The molecule has 1 aromatic rings. The van der Waals surface area contributed by atoms with Crippen LogP contribution in [0.15, 0.2) is 24.3 Å². The lowest BCUT2D eigenvalue weighted by atomic mass is 10.2. The summed E-state index contributed by atoms with van der Waals surface area (Å²) in [5.41, 5.74) is 1.87. The molecule has 0 bridgehead atoms. The zero-order chi connectivity index (χ0) is 15.1. The minimum atomic E-state index is 0.00236. The molecular formula is C16H24N2O2S. The van der Waals surface area contributed by atoms with Crippen molar-refractivity contribution < 1.29 is 9.53 Å². The highest BCUT2D eigenvalue weighted by molar-refractivity contribution is 7.98. The minimum Gasteiger partial charge on any atom is -0.377 e. The van der Waals surface area contributed by atoms with Gasteiger partial charge in [-0.15, -0.1) is 0 Å². The molecule has 1 atom stereocenters. The number of benzene rings is 1. The highest BCUT2D eigenvalue weighted by Crippen LogP contribution is 2.22. The van der Waals surface area contributed by atoms with Crippen LogP contribution in [0.5, 0.6) is 0 Å². The lowest BCUT2D eigenvalue weighted by molar-refractivity contribution is 0.134. The highest BCUT2D eigenvalue weighted by Gasteiger charge is 2.26. The maximum absolute atomic E-state index is 12.4. The van der Waals surface area contributed by atoms with Gasteiger partial charge in [0, 0.05) is 30.9 Å². The Kier molecular flexibility index (Phi) is 6.39. The lowest BCUT2D eigenvalue weighted by Gasteiger charge is -2.19. The zero-order valence-electron chi connectivity index (χ0n) is 12.8. The van der Waals surface area contributed by atoms with E-state index in [0.717, 1.165) is 36.5 Å². The highest BCUT2D eigenvalue weighted by atomic mass is 32.2. The van der Waals surface area contributed by atoms with Crippen molar-refractivity contribution in [2.24, 2.45) is 5.92 Å². The summed E-state index contributed by atoms with van der Waals surface area (Å²) in [7, 11) is 0. The van der Waals surface area contributed by atoms with E-state index in [-0.39, 0.29) is 6.03 Å². The van der Waals surface area contributed by atoms with E-state index in [1.165, 1.54) is 0 Å². The van der Waals surface area contributed by atoms with Gasteiger partial charge in [-0.25, -0.2) is 4.79 Å². The first-order valence-electron chi connectivity index (χ1n) is 7.45. The summed E-state index contributed by atoms with van der Waals surface area (Å²) in [5, 5.41) is 3.02. The number of carbonyl (C=O) groups is 1. The van der Waals surface area contributed by atoms with Crippen molar-refractivity contribution in [1.29, 1.82) is 0 Å². The van der Waals surface area contributed by atoms with E-state index in [9.17, 15) is 4.79 Å². The molecule has 1 saturated heterocycles. The fourth-order valence-corrected chi connectivity index (χ4v) is 3.31. The van der Waals surface area contributed by atoms with Gasteiger partial charge >= 0.3 is 6.03 Å². The summed E-state index contributed by atoms with van der Waals surface area (Å²) in [6, 6.07) is 7.83. The number of hydrogen-bond acceptors (Lipinski definition) is 3. The monoisotopic (exact) mass is 308 g/mol. The van der Waals surface area contributed by atoms with Crippen LogP contribution in [0.4, 0.5) is 10.5 Å². The van der Waals surface area contributed by atoms with Crippen LogP contribution in [-0.4, -0.2) is 42.6 Å². The third-order valence-corrected chi connectivity index (χ3v) is 4.50. The fraction of sp³-hybridized carbons (Fsp3) is 0.562. The van der Waals surface area contributed by atoms with Crippen molar-refractivity contribution in [3.05, 3.63) is 29.8 Å². The number of likely N-dealkylation sites (tertiary alicyclic amines) is 1. The molecule has 1 aliphatic heterocycles. The molecule has 0 radical (unpaired) electrons. The molecule has 21 heavy (non-hydrogen) atoms. The van der Waals surface area contributed by atoms with Gasteiger partial charge in [0.05, 0.1) is 6.61 Å². The molecule has 4 nitrogen and oxygen atoms in total. The van der Waals surface area contributed by atoms with Crippen molar-refractivity contribution in [3.8, 4) is 0 Å². The molecule has 0 spiro atoms. The van der Waals surface area contributed by atoms with Gasteiger partial charge in [-0.1, -0.05) is 18.2 Å². The van der Waals surface area contributed by atoms with Gasteiger partial charge in [0.2, 0.25) is 0 Å². The molecule has 116 valence electrons. The van der Waals surface area contributed by atoms with E-state index in [1.54, 1.807) is 0 Å². The second-order valence-electron chi connectivity index (χ2n) is 5.28. The van der Waals surface area contributed by atoms with Crippen LogP contribution in [0, 0.1) is 5.92 Å². The van der Waals surface area contributed by atoms with Gasteiger partial charge < -0.3 is 15.0 Å². The molecule has 1 heterocycles. The van der Waals surface area contributed by atoms with Crippen molar-refractivity contribution in [1.82, 2.24) is 4.90 Å². The van der Waals surface area contributed by atoms with Gasteiger partial charge in [-0.3, -0.25) is 0 Å². The summed E-state index contributed by atoms with van der Waals surface area (Å²) in [6.07, 6.45) is 3.22. The molecule has 0 aromatic heterocycles. The van der Waals surface area contributed by atoms with E-state index in [2.05, 4.69) is 11.6 Å². The predicted molar refractivity (Wildman–Crippen MR) is 88.9 cm³/mol. The molecule has 2 rings (SSSR count). The second kappa shape index (κ2) is 8.29. The molecular weight excluding hydrogens is 284 g/mol. The third kappa shape index (κ3) is 4.64. The first-order valence-corrected chi connectivity index (χ1v) is 8.84. The van der Waals surface area contributed by atoms with Crippen molar-refractivity contribution in [2.45, 2.75) is 20.0 Å². The quantitative estimate of drug-likeness (QED) is 0.875. The number of hydrogen-bond donors (Lipinski definition) is 1. The average Bonchev–Trinajstić information content (AvgIpc) is 2.95. The van der Waals surface area contributed by atoms with Crippen LogP contribution in [0.25, 0.3) is 0 Å². The summed E-state index contributed by atoms with van der Waals surface area (Å²) >= 11 is 1.85. The van der Waals surface area contributed by atoms with Gasteiger partial charge in [0.25, 0.3) is 0 Å². The first-order chi connectivity index (χ1) is 10.2. The van der Waals surface area contributed by atoms with E-state index in [4.69, 9.17) is 4.74 Å². The minimum absolute atomic E-state index is 0.00236. The maximum Gasteiger partial charge on any atom is 0.321 e. The fourth-order valence-electron chi connectivity index (χ4n) is 2.56. The Bertz CT molecular complexity index is 467. The number of nitrogens with one attached hydrogen (secondary N) is 1. The summed E-state index contributed by atoms with van der Waals surface area (Å²) in [6.45, 7) is 4.88. The Labute approximate surface area is 131 Å². The number of ether oxygens (including phenoxy) is 1. The molecule has 5 heteroatoms. The van der Waals surface area contributed by atoms with Gasteiger partial charge in [-0.05, 0) is 37.3 Å². The number of amides is 2. The normalized spacial score (nSPS) is 18.0. The van der Waals surface area contributed by atoms with E-state index in [1.807, 2.05) is 47.9 Å². The Hall–Kier alpha value is -1.20. The molecule has 1 fully saturated rings. The molecule has 1 aromatic carbocycles. The van der Waals surface area contributed by atoms with Crippen LogP contribution < -0.4 is 5.32 Å². The molecule has 1 aliphatic rings. The largest absolute Gasteiger partial charge is 0.377 e. The van der Waals surface area contributed by atoms with Crippen LogP contribution in [0.2, 0.25) is 0 Å². The molecule has 0 unspecified atom stereocenters. The van der Waals surface area contributed by atoms with Crippen LogP contribution in [-0.2, 0) is 11.3 Å². The molecule has 2 amide bonds. The maximum atomic E-state index is 12.4. The third-order valence-electron chi connectivity index (χ3n) is 3.70. The van der Waals surface area contributed by atoms with Crippen LogP contribution in [0.3, 0.4) is 0 Å². The standard InChI is InChI=1S/C16H24N2O2S/c1-3-20-11-14-6-4-5-7-15(14)17-16(19)18-9-8-13(10-18)12-21-2/h4-7,13H,3,8-12H2,1-2H3,(H,17,19)/t13-/m1/s1. The van der Waals surface area contributed by atoms with Gasteiger partial charge in [-0.2, -0.15) is 11.8 Å². The summed E-state index contributed by atoms with van der Waals surface area (Å²) in [5.74, 6) is 1.76. The molecule has 0 saturated carbocycles. The van der Waals surface area contributed by atoms with E-state index < -0.39 is 0 Å². The topological polar surface area (TPSA) is 41.6 Å². The Morgan fingerprint density at radius 3 is 3.05 bits per heavy atom. The van der Waals surface area contributed by atoms with Gasteiger partial charge in [0.1, 0.15) is 0 Å². The van der Waals surface area contributed by atoms with Gasteiger partial charge in [0.15, 0.2) is 0 Å². The summed E-state index contributed by atoms with van der Waals surface area (Å²) in [4.78, 5) is 14.3. The number of thioether (sulfide) groups is 1. The Morgan fingerprint density at radius 1 is 1.48 bits per heavy atom. The number of rotatable bonds is 6. The molecule has 0 aliphatic carbocycles. The Morgan fingerprint density at radius 2 is 2.29 bits per heavy atom. The zero-order valence-corrected chi connectivity index (χ0v) is 13.6. The summed E-state index contributed by atoms with van der Waals surface area (Å²) < 4.78 is 5.45. The first kappa shape index (κ1) is 16.2. The number of anilines is 1. The van der Waals surface area contributed by atoms with Crippen molar-refractivity contribution >= 4 is 23.5 Å². The smallest absolute Gasteiger partial charge is 0.321 e. The van der Waals surface area contributed by atoms with E-state index in [0.29, 0.717) is 19.1 Å². The average molecular weight is 308 g/mol. The van der Waals surface area contributed by atoms with Crippen LogP contribution in [0.1, 0.15) is 18.9 Å². The number of para-hydroxylation sites is 1.